The molecule has 0 bridgehead atoms. The van der Waals surface area contributed by atoms with Gasteiger partial charge in [0.05, 0.1) is 23.6 Å². The topological polar surface area (TPSA) is 72.2 Å². The van der Waals surface area contributed by atoms with Gasteiger partial charge >= 0.3 is 0 Å². The van der Waals surface area contributed by atoms with Crippen molar-refractivity contribution < 1.29 is 9.52 Å². The first kappa shape index (κ1) is 16.1. The summed E-state index contributed by atoms with van der Waals surface area (Å²) in [6.07, 6.45) is 1.95. The summed E-state index contributed by atoms with van der Waals surface area (Å²) in [5.74, 6) is 1.93. The Morgan fingerprint density at radius 1 is 1.28 bits per heavy atom. The minimum absolute atomic E-state index is 0.675. The van der Waals surface area contributed by atoms with Gasteiger partial charge in [0.15, 0.2) is 0 Å². The Morgan fingerprint density at radius 2 is 2.16 bits per heavy atom. The molecular weight excluding hydrogens is 318 g/mol. The van der Waals surface area contributed by atoms with Crippen molar-refractivity contribution in [2.45, 2.75) is 39.1 Å². The van der Waals surface area contributed by atoms with Crippen LogP contribution in [0.1, 0.15) is 41.1 Å². The molecule has 25 heavy (non-hydrogen) atoms. The van der Waals surface area contributed by atoms with E-state index in [0.717, 1.165) is 55.5 Å². The van der Waals surface area contributed by atoms with E-state index in [1.807, 2.05) is 42.9 Å². The zero-order chi connectivity index (χ0) is 17.4. The fraction of sp³-hybridized carbons (Fsp3) is 0.444. The van der Waals surface area contributed by atoms with E-state index in [2.05, 4.69) is 15.1 Å². The molecule has 3 aromatic heterocycles. The van der Waals surface area contributed by atoms with Crippen molar-refractivity contribution in [2.24, 2.45) is 7.05 Å². The lowest BCUT2D eigenvalue weighted by Gasteiger charge is -2.17. The van der Waals surface area contributed by atoms with Crippen molar-refractivity contribution in [2.75, 3.05) is 6.54 Å². The van der Waals surface area contributed by atoms with Gasteiger partial charge in [-0.05, 0) is 37.6 Å². The van der Waals surface area contributed by atoms with Crippen LogP contribution in [0.3, 0.4) is 0 Å². The first-order chi connectivity index (χ1) is 12.1. The molecule has 7 nitrogen and oxygen atoms in total. The molecule has 0 aliphatic carbocycles. The highest BCUT2D eigenvalue weighted by Gasteiger charge is 2.22. The Kier molecular flexibility index (Phi) is 4.19. The molecule has 4 heterocycles. The number of nitrogens with zero attached hydrogens (tertiary/aromatic N) is 5. The molecule has 0 amide bonds. The maximum atomic E-state index is 10.6. The summed E-state index contributed by atoms with van der Waals surface area (Å²) >= 11 is 0. The summed E-state index contributed by atoms with van der Waals surface area (Å²) in [5, 5.41) is 19.4. The number of aromatic nitrogens is 4. The van der Waals surface area contributed by atoms with Crippen LogP contribution in [0, 0.1) is 6.92 Å². The van der Waals surface area contributed by atoms with Gasteiger partial charge in [0.25, 0.3) is 0 Å². The maximum absolute atomic E-state index is 10.6. The number of aliphatic hydroxyl groups is 1. The monoisotopic (exact) mass is 341 g/mol. The summed E-state index contributed by atoms with van der Waals surface area (Å²) in [7, 11) is 1.83. The van der Waals surface area contributed by atoms with Crippen LogP contribution < -0.4 is 0 Å². The van der Waals surface area contributed by atoms with Crippen LogP contribution in [-0.2, 0) is 26.7 Å². The summed E-state index contributed by atoms with van der Waals surface area (Å²) in [5.41, 5.74) is 2.54. The van der Waals surface area contributed by atoms with E-state index in [0.29, 0.717) is 5.69 Å². The second-order valence-electron chi connectivity index (χ2n) is 6.64. The van der Waals surface area contributed by atoms with Gasteiger partial charge in [-0.25, -0.2) is 0 Å². The van der Waals surface area contributed by atoms with Gasteiger partial charge in [0.1, 0.15) is 17.6 Å². The van der Waals surface area contributed by atoms with Crippen LogP contribution in [-0.4, -0.2) is 36.1 Å². The highest BCUT2D eigenvalue weighted by Crippen LogP contribution is 2.24. The molecule has 3 aromatic rings. The molecule has 0 fully saturated rings. The number of aliphatic hydroxyl groups excluding tert-OH is 1. The average Bonchev–Trinajstić information content (AvgIpc) is 3.26. The van der Waals surface area contributed by atoms with E-state index in [9.17, 15) is 5.11 Å². The van der Waals surface area contributed by atoms with Crippen LogP contribution in [0.2, 0.25) is 0 Å². The molecule has 0 radical (unpaired) electrons. The third-order valence-electron chi connectivity index (χ3n) is 4.71. The summed E-state index contributed by atoms with van der Waals surface area (Å²) in [6, 6.07) is 7.86. The first-order valence-electron chi connectivity index (χ1n) is 8.60. The molecule has 4 rings (SSSR count). The Morgan fingerprint density at radius 3 is 2.88 bits per heavy atom. The fourth-order valence-corrected chi connectivity index (χ4v) is 3.41. The molecule has 1 N–H and O–H groups in total. The average molecular weight is 341 g/mol. The number of aryl methyl sites for hydroxylation is 3. The molecule has 132 valence electrons. The molecule has 1 atom stereocenters. The van der Waals surface area contributed by atoms with Crippen LogP contribution in [0.15, 0.2) is 34.9 Å². The fourth-order valence-electron chi connectivity index (χ4n) is 3.41. The molecule has 1 aliphatic rings. The largest absolute Gasteiger partial charge is 0.465 e. The second-order valence-corrected chi connectivity index (χ2v) is 6.64. The molecule has 1 unspecified atom stereocenters. The van der Waals surface area contributed by atoms with E-state index in [1.165, 1.54) is 0 Å². The van der Waals surface area contributed by atoms with Crippen molar-refractivity contribution >= 4 is 0 Å². The molecule has 0 spiro atoms. The van der Waals surface area contributed by atoms with Gasteiger partial charge in [-0.3, -0.25) is 14.3 Å². The third-order valence-corrected chi connectivity index (χ3v) is 4.71. The van der Waals surface area contributed by atoms with E-state index in [4.69, 9.17) is 4.42 Å². The van der Waals surface area contributed by atoms with Gasteiger partial charge in [0.2, 0.25) is 0 Å². The highest BCUT2D eigenvalue weighted by molar-refractivity contribution is 5.21. The predicted molar refractivity (Wildman–Crippen MR) is 91.7 cm³/mol. The standard InChI is InChI=1S/C18H23N5O2/c1-13-4-5-15(25-13)12-22-8-3-9-23-14(11-22)10-16(20-23)18(24)17-6-7-19-21(17)2/h4-7,10,18,24H,3,8-9,11-12H2,1-2H3. The van der Waals surface area contributed by atoms with Gasteiger partial charge < -0.3 is 9.52 Å². The van der Waals surface area contributed by atoms with Crippen LogP contribution in [0.5, 0.6) is 0 Å². The van der Waals surface area contributed by atoms with E-state index in [1.54, 1.807) is 10.9 Å². The lowest BCUT2D eigenvalue weighted by Crippen LogP contribution is -2.22. The van der Waals surface area contributed by atoms with Crippen molar-refractivity contribution in [3.63, 3.8) is 0 Å². The highest BCUT2D eigenvalue weighted by atomic mass is 16.3. The van der Waals surface area contributed by atoms with E-state index >= 15 is 0 Å². The summed E-state index contributed by atoms with van der Waals surface area (Å²) < 4.78 is 9.40. The summed E-state index contributed by atoms with van der Waals surface area (Å²) in [6.45, 7) is 5.42. The SMILES string of the molecule is Cc1ccc(CN2CCCn3nc(C(O)c4ccnn4C)cc3C2)o1. The van der Waals surface area contributed by atoms with Crippen molar-refractivity contribution in [1.82, 2.24) is 24.5 Å². The Labute approximate surface area is 146 Å². The van der Waals surface area contributed by atoms with Gasteiger partial charge in [-0.15, -0.1) is 0 Å². The minimum Gasteiger partial charge on any atom is -0.465 e. The van der Waals surface area contributed by atoms with Crippen molar-refractivity contribution in [3.8, 4) is 0 Å². The van der Waals surface area contributed by atoms with Gasteiger partial charge in [0, 0.05) is 32.9 Å². The molecule has 0 saturated heterocycles. The molecule has 0 saturated carbocycles. The second kappa shape index (κ2) is 6.50. The molecule has 7 heteroatoms. The molecule has 1 aliphatic heterocycles. The Balaban J connectivity index is 1.53. The van der Waals surface area contributed by atoms with Crippen LogP contribution in [0.4, 0.5) is 0 Å². The number of hydrogen-bond donors (Lipinski definition) is 1. The number of hydrogen-bond acceptors (Lipinski definition) is 5. The van der Waals surface area contributed by atoms with E-state index < -0.39 is 6.10 Å². The van der Waals surface area contributed by atoms with Crippen LogP contribution >= 0.6 is 0 Å². The Hall–Kier alpha value is -2.38. The lowest BCUT2D eigenvalue weighted by atomic mass is 10.2. The van der Waals surface area contributed by atoms with Gasteiger partial charge in [-0.1, -0.05) is 0 Å². The number of fused-ring (bicyclic) bond motifs is 1. The zero-order valence-corrected chi connectivity index (χ0v) is 14.6. The maximum Gasteiger partial charge on any atom is 0.139 e. The zero-order valence-electron chi connectivity index (χ0n) is 14.6. The van der Waals surface area contributed by atoms with Crippen LogP contribution in [0.25, 0.3) is 0 Å². The summed E-state index contributed by atoms with van der Waals surface area (Å²) in [4.78, 5) is 2.36. The molecular formula is C18H23N5O2. The number of rotatable bonds is 4. The predicted octanol–water partition coefficient (Wildman–Crippen LogP) is 2.01. The lowest BCUT2D eigenvalue weighted by molar-refractivity contribution is 0.203. The van der Waals surface area contributed by atoms with Crippen molar-refractivity contribution in [1.29, 1.82) is 0 Å². The Bertz CT molecular complexity index is 863. The number of furan rings is 1. The minimum atomic E-state index is -0.756. The van der Waals surface area contributed by atoms with E-state index in [-0.39, 0.29) is 0 Å². The molecule has 0 aromatic carbocycles. The first-order valence-corrected chi connectivity index (χ1v) is 8.60. The smallest absolute Gasteiger partial charge is 0.139 e. The van der Waals surface area contributed by atoms with Crippen molar-refractivity contribution in [3.05, 3.63) is 59.1 Å². The quantitative estimate of drug-likeness (QED) is 0.786. The normalized spacial score (nSPS) is 16.6. The third kappa shape index (κ3) is 3.25. The van der Waals surface area contributed by atoms with Gasteiger partial charge in [-0.2, -0.15) is 10.2 Å².